The molecule has 1 rings (SSSR count). The maximum atomic E-state index is 10.9. The maximum Gasteiger partial charge on any atom is 0.289 e. The zero-order valence-electron chi connectivity index (χ0n) is 5.51. The van der Waals surface area contributed by atoms with Crippen molar-refractivity contribution in [1.29, 1.82) is 0 Å². The Labute approximate surface area is 52.5 Å². The van der Waals surface area contributed by atoms with Crippen molar-refractivity contribution in [1.82, 2.24) is 15.0 Å². The first-order valence-electron chi connectivity index (χ1n) is 2.87. The largest absolute Gasteiger partial charge is 0.289 e. The molecule has 0 aliphatic heterocycles. The summed E-state index contributed by atoms with van der Waals surface area (Å²) in [6.45, 7) is 4.23. The average Bonchev–Trinajstić information content (AvgIpc) is 2.15. The summed E-state index contributed by atoms with van der Waals surface area (Å²) in [5.41, 5.74) is 0.495. The lowest BCUT2D eigenvalue weighted by Crippen LogP contribution is -2.16. The van der Waals surface area contributed by atoms with Crippen molar-refractivity contribution in [3.63, 3.8) is 0 Å². The lowest BCUT2D eigenvalue weighted by molar-refractivity contribution is 0.609. The van der Waals surface area contributed by atoms with Gasteiger partial charge in [-0.05, 0) is 13.8 Å². The Morgan fingerprint density at radius 2 is 2.44 bits per heavy atom. The molecule has 4 nitrogen and oxygen atoms in total. The Bertz CT molecular complexity index is 247. The van der Waals surface area contributed by atoms with E-state index in [-0.39, 0.29) is 5.56 Å². The van der Waals surface area contributed by atoms with Crippen LogP contribution in [0.1, 0.15) is 12.6 Å². The molecular formula is C5H9N3O. The highest BCUT2D eigenvalue weighted by Gasteiger charge is 1.97. The molecule has 1 aromatic rings. The van der Waals surface area contributed by atoms with E-state index >= 15 is 0 Å². The van der Waals surface area contributed by atoms with Crippen LogP contribution in [0, 0.1) is 6.92 Å². The van der Waals surface area contributed by atoms with Gasteiger partial charge in [-0.2, -0.15) is 5.10 Å². The summed E-state index contributed by atoms with van der Waals surface area (Å²) in [4.78, 5) is 10.9. The maximum absolute atomic E-state index is 10.9. The molecule has 0 saturated carbocycles. The van der Waals surface area contributed by atoms with Crippen molar-refractivity contribution in [3.05, 3.63) is 16.0 Å². The Morgan fingerprint density at radius 3 is 2.67 bits per heavy atom. The molecule has 1 N–H and O–H groups in total. The van der Waals surface area contributed by atoms with E-state index in [1.807, 2.05) is 6.92 Å². The molecule has 0 aliphatic carbocycles. The van der Waals surface area contributed by atoms with Crippen LogP contribution in [0.15, 0.2) is 4.79 Å². The number of nitrogens with zero attached hydrogens (tertiary/aromatic N) is 2. The molecule has 0 aliphatic rings. The fourth-order valence-corrected chi connectivity index (χ4v) is 0.638. The number of hydrogen-bond donors (Lipinski definition) is 1. The van der Waals surface area contributed by atoms with E-state index in [4.69, 9.17) is 0 Å². The van der Waals surface area contributed by atoms with E-state index in [1.54, 1.807) is 6.92 Å². The van der Waals surface area contributed by atoms with Crippen LogP contribution in [-0.4, -0.2) is 15.0 Å². The summed E-state index contributed by atoms with van der Waals surface area (Å²) < 4.78 is 1.45. The van der Waals surface area contributed by atoms with Crippen LogP contribution in [0.3, 0.4) is 0 Å². The van der Waals surface area contributed by atoms with Crippen LogP contribution in [0.2, 0.25) is 0 Å². The molecule has 0 unspecified atom stereocenters. The lowest BCUT2D eigenvalue weighted by atomic mass is 10.5. The standard InChI is InChI=1S/C5H9N3O/c1-3-8-5(9)4(2)6-7-8/h7H,3H2,1-2H3. The Kier molecular flexibility index (Phi) is 1.38. The van der Waals surface area contributed by atoms with Gasteiger partial charge >= 0.3 is 0 Å². The normalized spacial score (nSPS) is 10.0. The fourth-order valence-electron chi connectivity index (χ4n) is 0.638. The molecule has 0 saturated heterocycles. The molecule has 0 amide bonds. The minimum absolute atomic E-state index is 0.0301. The summed E-state index contributed by atoms with van der Waals surface area (Å²) in [5, 5.41) is 6.29. The minimum atomic E-state index is -0.0301. The number of rotatable bonds is 1. The van der Waals surface area contributed by atoms with Crippen molar-refractivity contribution in [2.45, 2.75) is 20.4 Å². The SMILES string of the molecule is CCn1[nH]nc(C)c1=O. The second-order valence-corrected chi connectivity index (χ2v) is 1.85. The van der Waals surface area contributed by atoms with Crippen molar-refractivity contribution in [2.24, 2.45) is 0 Å². The third-order valence-corrected chi connectivity index (χ3v) is 1.21. The summed E-state index contributed by atoms with van der Waals surface area (Å²) in [5.74, 6) is 0. The van der Waals surface area contributed by atoms with Crippen LogP contribution in [0.25, 0.3) is 0 Å². The van der Waals surface area contributed by atoms with Crippen LogP contribution in [0.4, 0.5) is 0 Å². The molecule has 0 radical (unpaired) electrons. The van der Waals surface area contributed by atoms with Gasteiger partial charge in [0.05, 0.1) is 0 Å². The van der Waals surface area contributed by atoms with E-state index in [0.717, 1.165) is 0 Å². The summed E-state index contributed by atoms with van der Waals surface area (Å²) in [7, 11) is 0. The number of hydrogen-bond acceptors (Lipinski definition) is 2. The summed E-state index contributed by atoms with van der Waals surface area (Å²) in [6, 6.07) is 0. The van der Waals surface area contributed by atoms with Gasteiger partial charge in [0.2, 0.25) is 0 Å². The van der Waals surface area contributed by atoms with Gasteiger partial charge in [-0.1, -0.05) is 0 Å². The molecule has 0 aromatic carbocycles. The third-order valence-electron chi connectivity index (χ3n) is 1.21. The van der Waals surface area contributed by atoms with Gasteiger partial charge in [-0.15, -0.1) is 0 Å². The second kappa shape index (κ2) is 2.05. The molecule has 9 heavy (non-hydrogen) atoms. The highest BCUT2D eigenvalue weighted by Crippen LogP contribution is 1.76. The van der Waals surface area contributed by atoms with E-state index in [0.29, 0.717) is 12.2 Å². The van der Waals surface area contributed by atoms with Crippen LogP contribution in [0.5, 0.6) is 0 Å². The molecule has 0 bridgehead atoms. The Hall–Kier alpha value is -1.06. The molecular weight excluding hydrogens is 118 g/mol. The first-order chi connectivity index (χ1) is 4.25. The molecule has 4 heteroatoms. The third kappa shape index (κ3) is 0.872. The number of aromatic nitrogens is 3. The van der Waals surface area contributed by atoms with Gasteiger partial charge in [0.25, 0.3) is 5.56 Å². The number of aryl methyl sites for hydroxylation is 2. The zero-order valence-corrected chi connectivity index (χ0v) is 5.51. The van der Waals surface area contributed by atoms with Crippen molar-refractivity contribution >= 4 is 0 Å². The highest BCUT2D eigenvalue weighted by molar-refractivity contribution is 4.87. The molecule has 0 fully saturated rings. The van der Waals surface area contributed by atoms with Gasteiger partial charge < -0.3 is 0 Å². The molecule has 0 atom stereocenters. The molecule has 1 aromatic heterocycles. The number of nitrogens with one attached hydrogen (secondary N) is 1. The quantitative estimate of drug-likeness (QED) is 0.572. The summed E-state index contributed by atoms with van der Waals surface area (Å²) in [6.07, 6.45) is 0. The van der Waals surface area contributed by atoms with E-state index in [9.17, 15) is 4.79 Å². The predicted octanol–water partition coefficient (Wildman–Crippen LogP) is -0.100. The van der Waals surface area contributed by atoms with Crippen LogP contribution in [-0.2, 0) is 6.54 Å². The first kappa shape index (κ1) is 6.07. The summed E-state index contributed by atoms with van der Waals surface area (Å²) >= 11 is 0. The second-order valence-electron chi connectivity index (χ2n) is 1.85. The van der Waals surface area contributed by atoms with Crippen molar-refractivity contribution in [2.75, 3.05) is 0 Å². The molecule has 1 heterocycles. The minimum Gasteiger partial charge on any atom is -0.266 e. The van der Waals surface area contributed by atoms with E-state index in [2.05, 4.69) is 10.3 Å². The molecule has 0 spiro atoms. The van der Waals surface area contributed by atoms with Gasteiger partial charge in [-0.25, -0.2) is 9.90 Å². The highest BCUT2D eigenvalue weighted by atomic mass is 16.1. The van der Waals surface area contributed by atoms with Gasteiger partial charge in [0, 0.05) is 6.54 Å². The van der Waals surface area contributed by atoms with E-state index in [1.165, 1.54) is 4.68 Å². The predicted molar refractivity (Wildman–Crippen MR) is 33.3 cm³/mol. The number of H-pyrrole nitrogens is 1. The fraction of sp³-hybridized carbons (Fsp3) is 0.600. The van der Waals surface area contributed by atoms with Gasteiger partial charge in [0.1, 0.15) is 5.69 Å². The average molecular weight is 127 g/mol. The lowest BCUT2D eigenvalue weighted by Gasteiger charge is -1.87. The van der Waals surface area contributed by atoms with Gasteiger partial charge in [-0.3, -0.25) is 4.79 Å². The van der Waals surface area contributed by atoms with Gasteiger partial charge in [0.15, 0.2) is 0 Å². The Morgan fingerprint density at radius 1 is 1.78 bits per heavy atom. The topological polar surface area (TPSA) is 50.7 Å². The van der Waals surface area contributed by atoms with E-state index < -0.39 is 0 Å². The Balaban J connectivity index is 3.20. The zero-order chi connectivity index (χ0) is 6.85. The monoisotopic (exact) mass is 127 g/mol. The van der Waals surface area contributed by atoms with Crippen molar-refractivity contribution < 1.29 is 0 Å². The molecule has 50 valence electrons. The van der Waals surface area contributed by atoms with Crippen LogP contribution < -0.4 is 5.56 Å². The number of aromatic amines is 1. The first-order valence-corrected chi connectivity index (χ1v) is 2.87. The van der Waals surface area contributed by atoms with Crippen LogP contribution >= 0.6 is 0 Å². The van der Waals surface area contributed by atoms with Crippen molar-refractivity contribution in [3.8, 4) is 0 Å². The smallest absolute Gasteiger partial charge is 0.266 e.